The van der Waals surface area contributed by atoms with Crippen LogP contribution in [0.15, 0.2) is 0 Å². The summed E-state index contributed by atoms with van der Waals surface area (Å²) in [4.78, 5) is 13.9. The van der Waals surface area contributed by atoms with Crippen LogP contribution in [0.25, 0.3) is 0 Å². The second kappa shape index (κ2) is 5.54. The number of hydrogen-bond acceptors (Lipinski definition) is 2. The molecule has 1 N–H and O–H groups in total. The van der Waals surface area contributed by atoms with Crippen molar-refractivity contribution in [2.24, 2.45) is 11.8 Å². The van der Waals surface area contributed by atoms with Gasteiger partial charge in [0, 0.05) is 19.0 Å². The van der Waals surface area contributed by atoms with Gasteiger partial charge in [-0.1, -0.05) is 6.42 Å². The fourth-order valence-electron chi connectivity index (χ4n) is 3.18. The third kappa shape index (κ3) is 3.65. The number of halogens is 3. The number of piperidine rings is 1. The normalized spacial score (nSPS) is 31.1. The Bertz CT molecular complexity index is 358. The average molecular weight is 293 g/mol. The molecule has 0 aromatic carbocycles. The zero-order valence-corrected chi connectivity index (χ0v) is 11.7. The summed E-state index contributed by atoms with van der Waals surface area (Å²) in [6.07, 6.45) is -2.12. The van der Waals surface area contributed by atoms with Crippen LogP contribution >= 0.6 is 0 Å². The predicted molar refractivity (Wildman–Crippen MR) is 67.9 cm³/mol. The Hall–Kier alpha value is -0.780. The summed E-state index contributed by atoms with van der Waals surface area (Å²) in [6.45, 7) is 2.62. The first-order chi connectivity index (χ1) is 9.19. The molecule has 1 aliphatic carbocycles. The maximum absolute atomic E-state index is 12.8. The van der Waals surface area contributed by atoms with E-state index in [2.05, 4.69) is 0 Å². The molecule has 1 amide bonds. The van der Waals surface area contributed by atoms with E-state index in [4.69, 9.17) is 0 Å². The van der Waals surface area contributed by atoms with Crippen molar-refractivity contribution in [3.8, 4) is 0 Å². The summed E-state index contributed by atoms with van der Waals surface area (Å²) < 4.78 is 38.3. The van der Waals surface area contributed by atoms with Gasteiger partial charge in [0.2, 0.25) is 5.91 Å². The smallest absolute Gasteiger partial charge is 0.390 e. The third-order valence-electron chi connectivity index (χ3n) is 4.64. The number of carbonyl (C=O) groups excluding carboxylic acids is 1. The molecule has 6 heteroatoms. The lowest BCUT2D eigenvalue weighted by Crippen LogP contribution is -2.48. The fourth-order valence-corrected chi connectivity index (χ4v) is 3.18. The molecule has 2 fully saturated rings. The Labute approximate surface area is 117 Å². The van der Waals surface area contributed by atoms with Crippen LogP contribution in [0.4, 0.5) is 13.2 Å². The van der Waals surface area contributed by atoms with Crippen LogP contribution in [0.2, 0.25) is 0 Å². The van der Waals surface area contributed by atoms with E-state index >= 15 is 0 Å². The quantitative estimate of drug-likeness (QED) is 0.807. The maximum Gasteiger partial charge on any atom is 0.391 e. The van der Waals surface area contributed by atoms with Crippen molar-refractivity contribution >= 4 is 5.91 Å². The number of nitrogens with zero attached hydrogens (tertiary/aromatic N) is 1. The van der Waals surface area contributed by atoms with E-state index in [0.717, 1.165) is 0 Å². The van der Waals surface area contributed by atoms with Crippen molar-refractivity contribution < 1.29 is 23.1 Å². The molecule has 116 valence electrons. The molecule has 2 aliphatic rings. The summed E-state index contributed by atoms with van der Waals surface area (Å²) in [7, 11) is 0. The van der Waals surface area contributed by atoms with Gasteiger partial charge in [-0.15, -0.1) is 0 Å². The van der Waals surface area contributed by atoms with Gasteiger partial charge in [0.25, 0.3) is 0 Å². The van der Waals surface area contributed by atoms with Gasteiger partial charge < -0.3 is 10.0 Å². The minimum absolute atomic E-state index is 0.0742. The molecule has 1 saturated heterocycles. The van der Waals surface area contributed by atoms with Crippen molar-refractivity contribution in [1.82, 2.24) is 4.90 Å². The second-order valence-corrected chi connectivity index (χ2v) is 6.42. The molecule has 0 aromatic heterocycles. The summed E-state index contributed by atoms with van der Waals surface area (Å²) in [5.41, 5.74) is -0.752. The van der Waals surface area contributed by atoms with Gasteiger partial charge in [-0.25, -0.2) is 0 Å². The molecule has 2 atom stereocenters. The SMILES string of the molecule is CC1(O)CCN(C(=O)C2CCCC(C(F)(F)F)C2)CC1. The van der Waals surface area contributed by atoms with Gasteiger partial charge in [0.1, 0.15) is 0 Å². The summed E-state index contributed by atoms with van der Waals surface area (Å²) in [5, 5.41) is 9.85. The number of carbonyl (C=O) groups is 1. The fraction of sp³-hybridized carbons (Fsp3) is 0.929. The van der Waals surface area contributed by atoms with E-state index < -0.39 is 23.6 Å². The molecule has 2 unspecified atom stereocenters. The third-order valence-corrected chi connectivity index (χ3v) is 4.64. The average Bonchev–Trinajstić information content (AvgIpc) is 2.37. The second-order valence-electron chi connectivity index (χ2n) is 6.42. The molecule has 0 bridgehead atoms. The molecule has 1 saturated carbocycles. The monoisotopic (exact) mass is 293 g/mol. The Kier molecular flexibility index (Phi) is 4.33. The number of alkyl halides is 3. The molecule has 0 spiro atoms. The highest BCUT2D eigenvalue weighted by Gasteiger charge is 2.44. The summed E-state index contributed by atoms with van der Waals surface area (Å²) >= 11 is 0. The summed E-state index contributed by atoms with van der Waals surface area (Å²) in [6, 6.07) is 0. The minimum Gasteiger partial charge on any atom is -0.390 e. The molecular weight excluding hydrogens is 271 g/mol. The van der Waals surface area contributed by atoms with Crippen LogP contribution in [0.5, 0.6) is 0 Å². The maximum atomic E-state index is 12.8. The van der Waals surface area contributed by atoms with E-state index in [1.54, 1.807) is 11.8 Å². The lowest BCUT2D eigenvalue weighted by Gasteiger charge is -2.39. The van der Waals surface area contributed by atoms with Crippen molar-refractivity contribution in [1.29, 1.82) is 0 Å². The number of aliphatic hydroxyl groups is 1. The molecule has 1 aliphatic heterocycles. The Morgan fingerprint density at radius 3 is 2.40 bits per heavy atom. The number of amides is 1. The molecule has 0 radical (unpaired) electrons. The number of hydrogen-bond donors (Lipinski definition) is 1. The molecule has 20 heavy (non-hydrogen) atoms. The predicted octanol–water partition coefficient (Wildman–Crippen LogP) is 2.73. The summed E-state index contributed by atoms with van der Waals surface area (Å²) in [5.74, 6) is -1.99. The first-order valence-corrected chi connectivity index (χ1v) is 7.27. The van der Waals surface area contributed by atoms with Gasteiger partial charge in [-0.05, 0) is 39.0 Å². The van der Waals surface area contributed by atoms with Crippen molar-refractivity contribution in [3.05, 3.63) is 0 Å². The van der Waals surface area contributed by atoms with Crippen molar-refractivity contribution in [2.45, 2.75) is 57.2 Å². The zero-order chi connectivity index (χ0) is 15.0. The Morgan fingerprint density at radius 2 is 1.85 bits per heavy atom. The highest BCUT2D eigenvalue weighted by Crippen LogP contribution is 2.40. The molecule has 0 aromatic rings. The van der Waals surface area contributed by atoms with Crippen LogP contribution in [0.1, 0.15) is 45.4 Å². The van der Waals surface area contributed by atoms with Crippen LogP contribution in [-0.4, -0.2) is 40.8 Å². The zero-order valence-electron chi connectivity index (χ0n) is 11.7. The van der Waals surface area contributed by atoms with Crippen molar-refractivity contribution in [2.75, 3.05) is 13.1 Å². The Morgan fingerprint density at radius 1 is 1.25 bits per heavy atom. The lowest BCUT2D eigenvalue weighted by molar-refractivity contribution is -0.187. The van der Waals surface area contributed by atoms with Crippen LogP contribution < -0.4 is 0 Å². The van der Waals surface area contributed by atoms with Gasteiger partial charge in [-0.2, -0.15) is 13.2 Å². The molecule has 2 rings (SSSR count). The Balaban J connectivity index is 1.93. The highest BCUT2D eigenvalue weighted by atomic mass is 19.4. The van der Waals surface area contributed by atoms with Gasteiger partial charge >= 0.3 is 6.18 Å². The number of likely N-dealkylation sites (tertiary alicyclic amines) is 1. The minimum atomic E-state index is -4.19. The molecule has 3 nitrogen and oxygen atoms in total. The molecule has 1 heterocycles. The number of rotatable bonds is 1. The van der Waals surface area contributed by atoms with E-state index in [1.165, 1.54) is 0 Å². The van der Waals surface area contributed by atoms with Crippen molar-refractivity contribution in [3.63, 3.8) is 0 Å². The topological polar surface area (TPSA) is 40.5 Å². The van der Waals surface area contributed by atoms with E-state index in [9.17, 15) is 23.1 Å². The van der Waals surface area contributed by atoms with E-state index in [0.29, 0.717) is 38.8 Å². The van der Waals surface area contributed by atoms with Gasteiger partial charge in [0.05, 0.1) is 11.5 Å². The molecular formula is C14H22F3NO2. The highest BCUT2D eigenvalue weighted by molar-refractivity contribution is 5.79. The standard InChI is InChI=1S/C14H22F3NO2/c1-13(20)5-7-18(8-6-13)12(19)10-3-2-4-11(9-10)14(15,16)17/h10-11,20H,2-9H2,1H3. The first-order valence-electron chi connectivity index (χ1n) is 7.27. The van der Waals surface area contributed by atoms with Gasteiger partial charge in [-0.3, -0.25) is 4.79 Å². The first kappa shape index (κ1) is 15.6. The van der Waals surface area contributed by atoms with Crippen LogP contribution in [0.3, 0.4) is 0 Å². The van der Waals surface area contributed by atoms with E-state index in [-0.39, 0.29) is 18.7 Å². The lowest BCUT2D eigenvalue weighted by atomic mass is 9.80. The van der Waals surface area contributed by atoms with Crippen LogP contribution in [0, 0.1) is 11.8 Å². The van der Waals surface area contributed by atoms with E-state index in [1.807, 2.05) is 0 Å². The van der Waals surface area contributed by atoms with Gasteiger partial charge in [0.15, 0.2) is 0 Å². The largest absolute Gasteiger partial charge is 0.391 e. The van der Waals surface area contributed by atoms with Crippen LogP contribution in [-0.2, 0) is 4.79 Å².